The van der Waals surface area contributed by atoms with Gasteiger partial charge in [-0.2, -0.15) is 0 Å². The van der Waals surface area contributed by atoms with E-state index in [9.17, 15) is 0 Å². The summed E-state index contributed by atoms with van der Waals surface area (Å²) in [6.45, 7) is 3.47. The minimum atomic E-state index is -0.0896. The van der Waals surface area contributed by atoms with Crippen molar-refractivity contribution in [3.63, 3.8) is 0 Å². The number of ether oxygens (including phenoxy) is 2. The molecule has 0 aliphatic carbocycles. The number of aromatic nitrogens is 4. The number of nitrogens with two attached hydrogens (primary N) is 1. The molecule has 1 aliphatic heterocycles. The Hall–Kier alpha value is -1.73. The van der Waals surface area contributed by atoms with E-state index in [1.165, 1.54) is 6.33 Å². The summed E-state index contributed by atoms with van der Waals surface area (Å²) < 4.78 is 13.4. The van der Waals surface area contributed by atoms with Crippen molar-refractivity contribution >= 4 is 17.0 Å². The first-order valence-corrected chi connectivity index (χ1v) is 6.92. The number of nitrogens with zero attached hydrogens (tertiary/aromatic N) is 4. The van der Waals surface area contributed by atoms with E-state index in [1.54, 1.807) is 6.33 Å². The van der Waals surface area contributed by atoms with E-state index in [4.69, 9.17) is 15.2 Å². The van der Waals surface area contributed by atoms with Gasteiger partial charge in [-0.1, -0.05) is 0 Å². The average molecular weight is 277 g/mol. The molecule has 0 spiro atoms. The van der Waals surface area contributed by atoms with Crippen LogP contribution in [0.25, 0.3) is 11.2 Å². The molecule has 3 rings (SSSR count). The summed E-state index contributed by atoms with van der Waals surface area (Å²) in [5, 5.41) is 0. The van der Waals surface area contributed by atoms with Crippen molar-refractivity contribution < 1.29 is 9.47 Å². The molecule has 2 aromatic rings. The second-order valence-corrected chi connectivity index (χ2v) is 5.07. The molecule has 1 aliphatic rings. The van der Waals surface area contributed by atoms with Crippen LogP contribution in [0.3, 0.4) is 0 Å². The largest absolute Gasteiger partial charge is 0.382 e. The number of hydrogen-bond donors (Lipinski definition) is 1. The molecule has 3 heterocycles. The van der Waals surface area contributed by atoms with Crippen LogP contribution in [0.4, 0.5) is 5.82 Å². The zero-order valence-electron chi connectivity index (χ0n) is 11.5. The Morgan fingerprint density at radius 1 is 1.45 bits per heavy atom. The zero-order chi connectivity index (χ0) is 13.9. The summed E-state index contributed by atoms with van der Waals surface area (Å²) in [5.74, 6) is 0.401. The molecule has 0 saturated carbocycles. The van der Waals surface area contributed by atoms with E-state index in [0.29, 0.717) is 17.9 Å². The van der Waals surface area contributed by atoms with Crippen LogP contribution in [0.2, 0.25) is 0 Å². The van der Waals surface area contributed by atoms with E-state index >= 15 is 0 Å². The van der Waals surface area contributed by atoms with Crippen LogP contribution in [-0.4, -0.2) is 38.5 Å². The minimum absolute atomic E-state index is 0.0201. The van der Waals surface area contributed by atoms with Gasteiger partial charge in [-0.15, -0.1) is 0 Å². The van der Waals surface area contributed by atoms with Crippen LogP contribution in [0.15, 0.2) is 12.7 Å². The van der Waals surface area contributed by atoms with Crippen LogP contribution in [0, 0.1) is 0 Å². The lowest BCUT2D eigenvalue weighted by atomic mass is 10.2. The van der Waals surface area contributed by atoms with Gasteiger partial charge in [0.05, 0.1) is 19.0 Å². The number of hydrogen-bond acceptors (Lipinski definition) is 6. The average Bonchev–Trinajstić information content (AvgIpc) is 2.84. The van der Waals surface area contributed by atoms with Gasteiger partial charge in [-0.25, -0.2) is 15.0 Å². The first kappa shape index (κ1) is 13.3. The van der Waals surface area contributed by atoms with Gasteiger partial charge in [0, 0.05) is 6.61 Å². The van der Waals surface area contributed by atoms with Crippen molar-refractivity contribution in [1.82, 2.24) is 19.5 Å². The van der Waals surface area contributed by atoms with E-state index < -0.39 is 0 Å². The molecule has 7 heteroatoms. The summed E-state index contributed by atoms with van der Waals surface area (Å²) in [6, 6.07) is 0. The second kappa shape index (κ2) is 5.72. The lowest BCUT2D eigenvalue weighted by molar-refractivity contribution is -0.186. The van der Waals surface area contributed by atoms with Crippen molar-refractivity contribution in [1.29, 1.82) is 0 Å². The summed E-state index contributed by atoms with van der Waals surface area (Å²) in [4.78, 5) is 12.4. The lowest BCUT2D eigenvalue weighted by Crippen LogP contribution is -2.28. The quantitative estimate of drug-likeness (QED) is 0.907. The van der Waals surface area contributed by atoms with Crippen LogP contribution in [-0.2, 0) is 16.0 Å². The Morgan fingerprint density at radius 3 is 3.15 bits per heavy atom. The molecule has 7 nitrogen and oxygen atoms in total. The van der Waals surface area contributed by atoms with Crippen LogP contribution in [0.1, 0.15) is 26.2 Å². The van der Waals surface area contributed by atoms with Crippen molar-refractivity contribution in [3.05, 3.63) is 12.7 Å². The molecule has 108 valence electrons. The molecule has 1 fully saturated rings. The standard InChI is InChI=1S/C13H19N5O2/c1-9(20-10-4-2-3-5-19-10)6-18-8-17-11-12(14)15-7-16-13(11)18/h7-10H,2-6H2,1H3,(H2,14,15,16)/t9-,10?/m1/s1. The number of rotatable bonds is 4. The Kier molecular flexibility index (Phi) is 3.79. The van der Waals surface area contributed by atoms with Gasteiger partial charge < -0.3 is 19.8 Å². The lowest BCUT2D eigenvalue weighted by Gasteiger charge is -2.26. The molecule has 1 unspecified atom stereocenters. The molecule has 20 heavy (non-hydrogen) atoms. The highest BCUT2D eigenvalue weighted by molar-refractivity contribution is 5.81. The maximum absolute atomic E-state index is 5.90. The molecule has 2 atom stereocenters. The Morgan fingerprint density at radius 2 is 2.35 bits per heavy atom. The third-order valence-electron chi connectivity index (χ3n) is 3.41. The second-order valence-electron chi connectivity index (χ2n) is 5.07. The smallest absolute Gasteiger partial charge is 0.165 e. The van der Waals surface area contributed by atoms with Crippen LogP contribution < -0.4 is 5.73 Å². The zero-order valence-corrected chi connectivity index (χ0v) is 11.5. The third kappa shape index (κ3) is 2.73. The van der Waals surface area contributed by atoms with Crippen LogP contribution in [0.5, 0.6) is 0 Å². The molecule has 0 bridgehead atoms. The highest BCUT2D eigenvalue weighted by Crippen LogP contribution is 2.18. The normalized spacial score (nSPS) is 21.1. The van der Waals surface area contributed by atoms with Crippen LogP contribution >= 0.6 is 0 Å². The molecule has 2 aromatic heterocycles. The van der Waals surface area contributed by atoms with E-state index in [-0.39, 0.29) is 12.4 Å². The predicted molar refractivity (Wildman–Crippen MR) is 73.9 cm³/mol. The van der Waals surface area contributed by atoms with Crippen molar-refractivity contribution in [2.45, 2.75) is 45.1 Å². The number of imidazole rings is 1. The predicted octanol–water partition coefficient (Wildman–Crippen LogP) is 1.34. The fourth-order valence-corrected chi connectivity index (χ4v) is 2.43. The highest BCUT2D eigenvalue weighted by atomic mass is 16.7. The molecule has 0 aromatic carbocycles. The molecule has 0 amide bonds. The fourth-order valence-electron chi connectivity index (χ4n) is 2.43. The Balaban J connectivity index is 1.68. The van der Waals surface area contributed by atoms with E-state index in [0.717, 1.165) is 31.5 Å². The van der Waals surface area contributed by atoms with Gasteiger partial charge in [-0.05, 0) is 26.2 Å². The SMILES string of the molecule is C[C@H](Cn1cnc2c(N)ncnc21)OC1CCCCO1. The van der Waals surface area contributed by atoms with Gasteiger partial charge in [0.2, 0.25) is 0 Å². The van der Waals surface area contributed by atoms with Gasteiger partial charge in [0.15, 0.2) is 17.8 Å². The summed E-state index contributed by atoms with van der Waals surface area (Å²) in [5.41, 5.74) is 7.14. The molecular formula is C13H19N5O2. The van der Waals surface area contributed by atoms with Gasteiger partial charge in [0.25, 0.3) is 0 Å². The molecular weight excluding hydrogens is 258 g/mol. The van der Waals surface area contributed by atoms with Crippen molar-refractivity contribution in [3.8, 4) is 0 Å². The molecule has 0 radical (unpaired) electrons. The summed E-state index contributed by atoms with van der Waals surface area (Å²) >= 11 is 0. The Bertz CT molecular complexity index is 579. The van der Waals surface area contributed by atoms with E-state index in [2.05, 4.69) is 15.0 Å². The summed E-state index contributed by atoms with van der Waals surface area (Å²) in [7, 11) is 0. The topological polar surface area (TPSA) is 88.1 Å². The first-order chi connectivity index (χ1) is 9.74. The van der Waals surface area contributed by atoms with Crippen molar-refractivity contribution in [2.75, 3.05) is 12.3 Å². The molecule has 2 N–H and O–H groups in total. The number of fused-ring (bicyclic) bond motifs is 1. The third-order valence-corrected chi connectivity index (χ3v) is 3.41. The molecule has 1 saturated heterocycles. The first-order valence-electron chi connectivity index (χ1n) is 6.92. The fraction of sp³-hybridized carbons (Fsp3) is 0.615. The monoisotopic (exact) mass is 277 g/mol. The maximum Gasteiger partial charge on any atom is 0.165 e. The number of nitrogen functional groups attached to an aromatic ring is 1. The van der Waals surface area contributed by atoms with Crippen molar-refractivity contribution in [2.24, 2.45) is 0 Å². The Labute approximate surface area is 117 Å². The highest BCUT2D eigenvalue weighted by Gasteiger charge is 2.18. The van der Waals surface area contributed by atoms with Gasteiger partial charge >= 0.3 is 0 Å². The number of anilines is 1. The van der Waals surface area contributed by atoms with Gasteiger partial charge in [0.1, 0.15) is 11.8 Å². The summed E-state index contributed by atoms with van der Waals surface area (Å²) in [6.07, 6.45) is 6.35. The maximum atomic E-state index is 5.90. The van der Waals surface area contributed by atoms with Gasteiger partial charge in [-0.3, -0.25) is 0 Å². The minimum Gasteiger partial charge on any atom is -0.382 e. The van der Waals surface area contributed by atoms with E-state index in [1.807, 2.05) is 11.5 Å².